The maximum atomic E-state index is 8.79. The number of hydrogen-bond donors (Lipinski definition) is 1. The zero-order valence-corrected chi connectivity index (χ0v) is 8.03. The Balaban J connectivity index is 2.52. The van der Waals surface area contributed by atoms with Crippen molar-refractivity contribution >= 4 is 0 Å². The summed E-state index contributed by atoms with van der Waals surface area (Å²) >= 11 is 0. The maximum Gasteiger partial charge on any atom is 0.223 e. The Morgan fingerprint density at radius 1 is 1.64 bits per heavy atom. The lowest BCUT2D eigenvalue weighted by Crippen LogP contribution is -2.17. The number of nitrogens with zero attached hydrogens (tertiary/aromatic N) is 3. The summed E-state index contributed by atoms with van der Waals surface area (Å²) in [4.78, 5) is 0. The quantitative estimate of drug-likeness (QED) is 0.640. The number of fused-ring (bicyclic) bond motifs is 1. The molecule has 0 saturated carbocycles. The van der Waals surface area contributed by atoms with Crippen LogP contribution in [-0.4, -0.2) is 9.78 Å². The lowest BCUT2D eigenvalue weighted by molar-refractivity contribution is 0.362. The Kier molecular flexibility index (Phi) is 1.71. The normalized spacial score (nSPS) is 14.6. The van der Waals surface area contributed by atoms with Crippen molar-refractivity contribution in [1.82, 2.24) is 9.78 Å². The van der Waals surface area contributed by atoms with E-state index in [1.165, 1.54) is 0 Å². The predicted molar refractivity (Wildman–Crippen MR) is 49.1 cm³/mol. The fraction of sp³-hybridized carbons (Fsp3) is 0.333. The smallest absolute Gasteiger partial charge is 0.223 e. The number of ether oxygens (including phenoxy) is 1. The highest BCUT2D eigenvalue weighted by molar-refractivity contribution is 5.43. The van der Waals surface area contributed by atoms with Gasteiger partial charge in [0.1, 0.15) is 6.07 Å². The second-order valence-electron chi connectivity index (χ2n) is 3.23. The second-order valence-corrected chi connectivity index (χ2v) is 3.23. The fourth-order valence-corrected chi connectivity index (χ4v) is 1.54. The molecule has 72 valence electrons. The van der Waals surface area contributed by atoms with Crippen molar-refractivity contribution < 1.29 is 4.74 Å². The molecule has 1 aromatic rings. The topological polar surface area (TPSA) is 76.9 Å². The Hall–Kier alpha value is -1.96. The number of aryl methyl sites for hydroxylation is 2. The summed E-state index contributed by atoms with van der Waals surface area (Å²) in [5, 5.41) is 13.0. The van der Waals surface area contributed by atoms with E-state index in [1.54, 1.807) is 11.7 Å². The van der Waals surface area contributed by atoms with Gasteiger partial charge in [-0.25, -0.2) is 4.68 Å². The van der Waals surface area contributed by atoms with Crippen LogP contribution in [0.3, 0.4) is 0 Å². The van der Waals surface area contributed by atoms with E-state index in [2.05, 4.69) is 5.10 Å². The number of allylic oxidation sites excluding steroid dienone is 1. The molecule has 1 aliphatic rings. The molecule has 1 aromatic heterocycles. The number of nitriles is 1. The van der Waals surface area contributed by atoms with Crippen LogP contribution in [0, 0.1) is 18.3 Å². The van der Waals surface area contributed by atoms with Crippen molar-refractivity contribution in [2.75, 3.05) is 0 Å². The molecule has 0 aromatic carbocycles. The van der Waals surface area contributed by atoms with E-state index in [9.17, 15) is 0 Å². The van der Waals surface area contributed by atoms with Gasteiger partial charge in [-0.1, -0.05) is 0 Å². The Morgan fingerprint density at radius 2 is 2.36 bits per heavy atom. The molecule has 5 nitrogen and oxygen atoms in total. The van der Waals surface area contributed by atoms with Gasteiger partial charge in [0, 0.05) is 19.0 Å². The molecule has 5 heteroatoms. The van der Waals surface area contributed by atoms with Crippen LogP contribution in [0.25, 0.3) is 0 Å². The minimum atomic E-state index is 0.183. The summed E-state index contributed by atoms with van der Waals surface area (Å²) in [5.74, 6) is 0.821. The number of rotatable bonds is 0. The molecule has 0 spiro atoms. The van der Waals surface area contributed by atoms with Crippen LogP contribution >= 0.6 is 0 Å². The fourth-order valence-electron chi connectivity index (χ4n) is 1.54. The first-order valence-electron chi connectivity index (χ1n) is 4.22. The van der Waals surface area contributed by atoms with E-state index < -0.39 is 0 Å². The van der Waals surface area contributed by atoms with Crippen molar-refractivity contribution in [2.24, 2.45) is 12.8 Å². The van der Waals surface area contributed by atoms with Crippen LogP contribution < -0.4 is 10.5 Å². The van der Waals surface area contributed by atoms with E-state index in [4.69, 9.17) is 15.7 Å². The molecule has 0 atom stereocenters. The molecule has 0 unspecified atom stereocenters. The van der Waals surface area contributed by atoms with Gasteiger partial charge in [0.05, 0.1) is 11.3 Å². The van der Waals surface area contributed by atoms with Crippen molar-refractivity contribution in [3.63, 3.8) is 0 Å². The van der Waals surface area contributed by atoms with E-state index >= 15 is 0 Å². The molecule has 0 aliphatic carbocycles. The number of hydrogen-bond acceptors (Lipinski definition) is 4. The minimum Gasteiger partial charge on any atom is -0.422 e. The molecule has 0 saturated heterocycles. The lowest BCUT2D eigenvalue weighted by atomic mass is 10.1. The molecule has 0 bridgehead atoms. The van der Waals surface area contributed by atoms with Gasteiger partial charge in [0.15, 0.2) is 0 Å². The summed E-state index contributed by atoms with van der Waals surface area (Å²) in [7, 11) is 1.79. The van der Waals surface area contributed by atoms with E-state index in [0.29, 0.717) is 17.9 Å². The Bertz CT molecular complexity index is 464. The number of nitrogens with two attached hydrogens (primary N) is 1. The third-order valence-corrected chi connectivity index (χ3v) is 2.28. The second kappa shape index (κ2) is 2.77. The molecule has 0 amide bonds. The van der Waals surface area contributed by atoms with Crippen molar-refractivity contribution in [2.45, 2.75) is 13.3 Å². The van der Waals surface area contributed by atoms with Gasteiger partial charge in [0.25, 0.3) is 0 Å². The highest BCUT2D eigenvalue weighted by Gasteiger charge is 2.23. The van der Waals surface area contributed by atoms with E-state index in [0.717, 1.165) is 11.3 Å². The molecular weight excluding hydrogens is 180 g/mol. The monoisotopic (exact) mass is 190 g/mol. The van der Waals surface area contributed by atoms with Gasteiger partial charge in [-0.2, -0.15) is 10.4 Å². The van der Waals surface area contributed by atoms with Gasteiger partial charge in [0.2, 0.25) is 11.8 Å². The Morgan fingerprint density at radius 3 is 3.00 bits per heavy atom. The average Bonchev–Trinajstić information content (AvgIpc) is 2.41. The molecule has 0 radical (unpaired) electrons. The summed E-state index contributed by atoms with van der Waals surface area (Å²) < 4.78 is 6.95. The first-order chi connectivity index (χ1) is 6.63. The van der Waals surface area contributed by atoms with Crippen LogP contribution in [0.5, 0.6) is 5.88 Å². The molecule has 2 rings (SSSR count). The molecule has 0 fully saturated rings. The van der Waals surface area contributed by atoms with E-state index in [1.807, 2.05) is 13.0 Å². The summed E-state index contributed by atoms with van der Waals surface area (Å²) in [6.45, 7) is 1.89. The van der Waals surface area contributed by atoms with Crippen molar-refractivity contribution in [3.05, 3.63) is 22.7 Å². The largest absolute Gasteiger partial charge is 0.422 e. The molecular formula is C9H10N4O. The van der Waals surface area contributed by atoms with Crippen molar-refractivity contribution in [1.29, 1.82) is 5.26 Å². The molecule has 1 aliphatic heterocycles. The Labute approximate surface area is 81.4 Å². The maximum absolute atomic E-state index is 8.79. The summed E-state index contributed by atoms with van der Waals surface area (Å²) in [5.41, 5.74) is 7.86. The van der Waals surface area contributed by atoms with Gasteiger partial charge in [-0.3, -0.25) is 0 Å². The van der Waals surface area contributed by atoms with Crippen LogP contribution in [0.1, 0.15) is 11.3 Å². The van der Waals surface area contributed by atoms with Crippen LogP contribution in [0.15, 0.2) is 11.5 Å². The standard InChI is InChI=1S/C9H10N4O/c1-5-7-3-6(4-10)8(11)14-9(7)13(2)12-5/h3,11H2,1-2H3. The van der Waals surface area contributed by atoms with Gasteiger partial charge in [-0.15, -0.1) is 0 Å². The highest BCUT2D eigenvalue weighted by Crippen LogP contribution is 2.29. The van der Waals surface area contributed by atoms with Gasteiger partial charge >= 0.3 is 0 Å². The average molecular weight is 190 g/mol. The van der Waals surface area contributed by atoms with E-state index in [-0.39, 0.29) is 5.88 Å². The third kappa shape index (κ3) is 1.04. The van der Waals surface area contributed by atoms with Crippen LogP contribution in [-0.2, 0) is 13.5 Å². The van der Waals surface area contributed by atoms with Crippen LogP contribution in [0.4, 0.5) is 0 Å². The predicted octanol–water partition coefficient (Wildman–Crippen LogP) is 0.357. The summed E-state index contributed by atoms with van der Waals surface area (Å²) in [6, 6.07) is 2.02. The number of aromatic nitrogens is 2. The minimum absolute atomic E-state index is 0.183. The van der Waals surface area contributed by atoms with Gasteiger partial charge < -0.3 is 10.5 Å². The van der Waals surface area contributed by atoms with Crippen molar-refractivity contribution in [3.8, 4) is 11.9 Å². The molecule has 2 heterocycles. The molecule has 14 heavy (non-hydrogen) atoms. The summed E-state index contributed by atoms with van der Waals surface area (Å²) in [6.07, 6.45) is 0.511. The highest BCUT2D eigenvalue weighted by atomic mass is 16.5. The van der Waals surface area contributed by atoms with Gasteiger partial charge in [-0.05, 0) is 6.92 Å². The lowest BCUT2D eigenvalue weighted by Gasteiger charge is -2.14. The zero-order chi connectivity index (χ0) is 10.3. The SMILES string of the molecule is Cc1nn(C)c2c1CC(C#N)=C(N)O2. The third-order valence-electron chi connectivity index (χ3n) is 2.28. The van der Waals surface area contributed by atoms with Crippen LogP contribution in [0.2, 0.25) is 0 Å². The first-order valence-corrected chi connectivity index (χ1v) is 4.22. The zero-order valence-electron chi connectivity index (χ0n) is 8.03. The molecule has 2 N–H and O–H groups in total. The first kappa shape index (κ1) is 8.63.